The monoisotopic (exact) mass is 332 g/mol. The molecular weight excluding hydrogens is 308 g/mol. The van der Waals surface area contributed by atoms with E-state index >= 15 is 0 Å². The van der Waals surface area contributed by atoms with Gasteiger partial charge in [0.2, 0.25) is 5.91 Å². The zero-order chi connectivity index (χ0) is 16.0. The van der Waals surface area contributed by atoms with Crippen molar-refractivity contribution in [2.45, 2.75) is 31.8 Å². The first kappa shape index (κ1) is 19.2. The summed E-state index contributed by atoms with van der Waals surface area (Å²) in [7, 11) is 1.93. The average Bonchev–Trinajstić information content (AvgIpc) is 2.57. The first-order valence-electron chi connectivity index (χ1n) is 7.70. The number of halogens is 1. The number of carbonyl (C=O) groups is 1. The fourth-order valence-electron chi connectivity index (χ4n) is 2.91. The standard InChI is InChI=1S/C19H24N2O.ClH/c1-4-17(22)21-19(2,16-13-9-6-10-14-16)18(20-3)15-11-7-5-8-12-15;/h5-14,18,20H,4H2,1-3H3,(H,21,22);1H. The summed E-state index contributed by atoms with van der Waals surface area (Å²) in [4.78, 5) is 12.1. The van der Waals surface area contributed by atoms with Crippen LogP contribution >= 0.6 is 12.4 Å². The van der Waals surface area contributed by atoms with Crippen molar-refractivity contribution in [3.63, 3.8) is 0 Å². The maximum atomic E-state index is 12.1. The summed E-state index contributed by atoms with van der Waals surface area (Å²) in [5, 5.41) is 6.58. The van der Waals surface area contributed by atoms with Gasteiger partial charge in [-0.25, -0.2) is 0 Å². The maximum Gasteiger partial charge on any atom is 0.220 e. The molecule has 0 aliphatic heterocycles. The smallest absolute Gasteiger partial charge is 0.220 e. The first-order chi connectivity index (χ1) is 10.6. The number of carbonyl (C=O) groups excluding carboxylic acids is 1. The molecule has 0 heterocycles. The number of rotatable bonds is 6. The van der Waals surface area contributed by atoms with E-state index in [2.05, 4.69) is 41.8 Å². The van der Waals surface area contributed by atoms with E-state index in [-0.39, 0.29) is 24.4 Å². The Balaban J connectivity index is 0.00000264. The molecule has 124 valence electrons. The lowest BCUT2D eigenvalue weighted by Gasteiger charge is -2.39. The summed E-state index contributed by atoms with van der Waals surface area (Å²) in [5.41, 5.74) is 1.71. The summed E-state index contributed by atoms with van der Waals surface area (Å²) in [6.45, 7) is 3.95. The molecule has 2 unspecified atom stereocenters. The zero-order valence-corrected chi connectivity index (χ0v) is 14.7. The van der Waals surface area contributed by atoms with Crippen molar-refractivity contribution in [3.8, 4) is 0 Å². The third-order valence-electron chi connectivity index (χ3n) is 4.09. The van der Waals surface area contributed by atoms with E-state index in [0.29, 0.717) is 6.42 Å². The second kappa shape index (κ2) is 8.70. The molecule has 0 saturated carbocycles. The summed E-state index contributed by atoms with van der Waals surface area (Å²) >= 11 is 0. The lowest BCUT2D eigenvalue weighted by molar-refractivity contribution is -0.123. The molecule has 2 N–H and O–H groups in total. The van der Waals surface area contributed by atoms with Crippen LogP contribution in [0.3, 0.4) is 0 Å². The molecule has 0 aromatic heterocycles. The van der Waals surface area contributed by atoms with Gasteiger partial charge in [-0.05, 0) is 25.1 Å². The minimum absolute atomic E-state index is 0. The first-order valence-corrected chi connectivity index (χ1v) is 7.70. The quantitative estimate of drug-likeness (QED) is 0.844. The SMILES string of the molecule is CCC(=O)NC(C)(c1ccccc1)C(NC)c1ccccc1.Cl. The van der Waals surface area contributed by atoms with Crippen LogP contribution in [0.2, 0.25) is 0 Å². The molecule has 0 spiro atoms. The van der Waals surface area contributed by atoms with Crippen molar-refractivity contribution in [2.75, 3.05) is 7.05 Å². The van der Waals surface area contributed by atoms with Crippen LogP contribution in [0.5, 0.6) is 0 Å². The molecule has 0 radical (unpaired) electrons. The molecule has 1 amide bonds. The molecular formula is C19H25ClN2O. The van der Waals surface area contributed by atoms with Gasteiger partial charge in [0.25, 0.3) is 0 Å². The Hall–Kier alpha value is -1.84. The lowest BCUT2D eigenvalue weighted by Crippen LogP contribution is -2.51. The zero-order valence-electron chi connectivity index (χ0n) is 13.9. The molecule has 0 aliphatic carbocycles. The normalized spacial score (nSPS) is 14.2. The minimum Gasteiger partial charge on any atom is -0.345 e. The highest BCUT2D eigenvalue weighted by Crippen LogP contribution is 2.34. The van der Waals surface area contributed by atoms with Crippen LogP contribution in [-0.2, 0) is 10.3 Å². The van der Waals surface area contributed by atoms with Gasteiger partial charge in [-0.1, -0.05) is 67.6 Å². The maximum absolute atomic E-state index is 12.1. The summed E-state index contributed by atoms with van der Waals surface area (Å²) in [6, 6.07) is 20.3. The van der Waals surface area contributed by atoms with Crippen molar-refractivity contribution in [2.24, 2.45) is 0 Å². The fraction of sp³-hybridized carbons (Fsp3) is 0.316. The van der Waals surface area contributed by atoms with Gasteiger partial charge in [0.15, 0.2) is 0 Å². The Kier molecular flexibility index (Phi) is 7.27. The number of amides is 1. The highest BCUT2D eigenvalue weighted by Gasteiger charge is 2.37. The molecule has 23 heavy (non-hydrogen) atoms. The van der Waals surface area contributed by atoms with Crippen LogP contribution in [0.4, 0.5) is 0 Å². The van der Waals surface area contributed by atoms with Gasteiger partial charge in [0.1, 0.15) is 0 Å². The molecule has 2 aromatic rings. The van der Waals surface area contributed by atoms with Crippen LogP contribution in [-0.4, -0.2) is 13.0 Å². The van der Waals surface area contributed by atoms with Gasteiger partial charge < -0.3 is 10.6 Å². The summed E-state index contributed by atoms with van der Waals surface area (Å²) in [6.07, 6.45) is 0.466. The van der Waals surface area contributed by atoms with Crippen molar-refractivity contribution in [1.29, 1.82) is 0 Å². The average molecular weight is 333 g/mol. The van der Waals surface area contributed by atoms with Crippen LogP contribution in [0.15, 0.2) is 60.7 Å². The van der Waals surface area contributed by atoms with Gasteiger partial charge in [-0.15, -0.1) is 12.4 Å². The van der Waals surface area contributed by atoms with Crippen molar-refractivity contribution >= 4 is 18.3 Å². The van der Waals surface area contributed by atoms with E-state index in [1.165, 1.54) is 0 Å². The van der Waals surface area contributed by atoms with Gasteiger partial charge in [0.05, 0.1) is 11.6 Å². The van der Waals surface area contributed by atoms with E-state index < -0.39 is 5.54 Å². The van der Waals surface area contributed by atoms with Gasteiger partial charge in [0, 0.05) is 6.42 Å². The Morgan fingerprint density at radius 1 is 1.04 bits per heavy atom. The predicted molar refractivity (Wildman–Crippen MR) is 97.7 cm³/mol. The van der Waals surface area contributed by atoms with Crippen LogP contribution in [0.25, 0.3) is 0 Å². The molecule has 0 bridgehead atoms. The van der Waals surface area contributed by atoms with Crippen molar-refractivity contribution < 1.29 is 4.79 Å². The van der Waals surface area contributed by atoms with Crippen LogP contribution < -0.4 is 10.6 Å². The second-order valence-electron chi connectivity index (χ2n) is 5.60. The van der Waals surface area contributed by atoms with Gasteiger partial charge >= 0.3 is 0 Å². The number of benzene rings is 2. The largest absolute Gasteiger partial charge is 0.345 e. The molecule has 2 rings (SSSR count). The second-order valence-corrected chi connectivity index (χ2v) is 5.60. The fourth-order valence-corrected chi connectivity index (χ4v) is 2.91. The number of hydrogen-bond donors (Lipinski definition) is 2. The lowest BCUT2D eigenvalue weighted by atomic mass is 9.80. The Morgan fingerprint density at radius 2 is 1.57 bits per heavy atom. The summed E-state index contributed by atoms with van der Waals surface area (Å²) < 4.78 is 0. The van der Waals surface area contributed by atoms with E-state index in [1.807, 2.05) is 50.4 Å². The number of nitrogens with one attached hydrogen (secondary N) is 2. The van der Waals surface area contributed by atoms with E-state index in [1.54, 1.807) is 0 Å². The molecule has 2 atom stereocenters. The molecule has 0 aliphatic rings. The number of hydrogen-bond acceptors (Lipinski definition) is 2. The third-order valence-corrected chi connectivity index (χ3v) is 4.09. The molecule has 0 saturated heterocycles. The molecule has 0 fully saturated rings. The molecule has 2 aromatic carbocycles. The molecule has 3 nitrogen and oxygen atoms in total. The Morgan fingerprint density at radius 3 is 2.04 bits per heavy atom. The Labute approximate surface area is 144 Å². The summed E-state index contributed by atoms with van der Waals surface area (Å²) in [5.74, 6) is 0.0440. The van der Waals surface area contributed by atoms with Crippen LogP contribution in [0, 0.1) is 0 Å². The van der Waals surface area contributed by atoms with Crippen LogP contribution in [0.1, 0.15) is 37.4 Å². The van der Waals surface area contributed by atoms with Gasteiger partial charge in [-0.3, -0.25) is 4.79 Å². The predicted octanol–water partition coefficient (Wildman–Crippen LogP) is 3.81. The number of likely N-dealkylation sites (N-methyl/N-ethyl adjacent to an activating group) is 1. The molecule has 4 heteroatoms. The highest BCUT2D eigenvalue weighted by molar-refractivity contribution is 5.85. The third kappa shape index (κ3) is 4.34. The van der Waals surface area contributed by atoms with E-state index in [9.17, 15) is 4.79 Å². The highest BCUT2D eigenvalue weighted by atomic mass is 35.5. The van der Waals surface area contributed by atoms with Crippen molar-refractivity contribution in [3.05, 3.63) is 71.8 Å². The minimum atomic E-state index is -0.523. The van der Waals surface area contributed by atoms with E-state index in [0.717, 1.165) is 11.1 Å². The van der Waals surface area contributed by atoms with E-state index in [4.69, 9.17) is 0 Å². The van der Waals surface area contributed by atoms with Crippen molar-refractivity contribution in [1.82, 2.24) is 10.6 Å². The Bertz CT molecular complexity index is 603. The topological polar surface area (TPSA) is 41.1 Å². The van der Waals surface area contributed by atoms with Gasteiger partial charge in [-0.2, -0.15) is 0 Å².